The fourth-order valence-electron chi connectivity index (χ4n) is 2.55. The highest BCUT2D eigenvalue weighted by molar-refractivity contribution is 5.92. The lowest BCUT2D eigenvalue weighted by atomic mass is 10.3. The summed E-state index contributed by atoms with van der Waals surface area (Å²) in [5.41, 5.74) is 7.69. The van der Waals surface area contributed by atoms with Crippen molar-refractivity contribution in [3.8, 4) is 5.75 Å². The van der Waals surface area contributed by atoms with Gasteiger partial charge in [-0.25, -0.2) is 9.98 Å². The minimum absolute atomic E-state index is 0.351. The van der Waals surface area contributed by atoms with Gasteiger partial charge in [0.2, 0.25) is 0 Å². The lowest BCUT2D eigenvalue weighted by molar-refractivity contribution is 0.122. The van der Waals surface area contributed by atoms with Crippen molar-refractivity contribution in [1.82, 2.24) is 4.98 Å². The molecule has 2 heterocycles. The van der Waals surface area contributed by atoms with Crippen molar-refractivity contribution in [3.63, 3.8) is 0 Å². The lowest BCUT2D eigenvalue weighted by Crippen LogP contribution is -2.36. The zero-order valence-electron chi connectivity index (χ0n) is 14.3. The molecule has 25 heavy (non-hydrogen) atoms. The first kappa shape index (κ1) is 17.0. The van der Waals surface area contributed by atoms with E-state index in [1.165, 1.54) is 0 Å². The minimum atomic E-state index is 0.351. The van der Waals surface area contributed by atoms with E-state index in [2.05, 4.69) is 20.2 Å². The van der Waals surface area contributed by atoms with Gasteiger partial charge < -0.3 is 25.4 Å². The van der Waals surface area contributed by atoms with E-state index in [1.807, 2.05) is 42.5 Å². The Morgan fingerprint density at radius 1 is 1.24 bits per heavy atom. The number of hydrogen-bond acceptors (Lipinski definition) is 5. The van der Waals surface area contributed by atoms with Crippen LogP contribution < -0.4 is 20.7 Å². The first-order valence-corrected chi connectivity index (χ1v) is 8.24. The third-order valence-corrected chi connectivity index (χ3v) is 3.90. The number of benzene rings is 1. The largest absolute Gasteiger partial charge is 0.497 e. The van der Waals surface area contributed by atoms with Gasteiger partial charge in [0.15, 0.2) is 5.96 Å². The lowest BCUT2D eigenvalue weighted by Gasteiger charge is -2.27. The predicted octanol–water partition coefficient (Wildman–Crippen LogP) is 1.85. The maximum absolute atomic E-state index is 5.96. The van der Waals surface area contributed by atoms with Crippen molar-refractivity contribution in [2.45, 2.75) is 6.54 Å². The number of pyridine rings is 1. The van der Waals surface area contributed by atoms with E-state index in [-0.39, 0.29) is 0 Å². The van der Waals surface area contributed by atoms with Gasteiger partial charge in [-0.1, -0.05) is 6.07 Å². The molecule has 0 atom stereocenters. The van der Waals surface area contributed by atoms with Gasteiger partial charge in [-0.05, 0) is 36.4 Å². The second kappa shape index (κ2) is 8.34. The Bertz CT molecular complexity index is 712. The van der Waals surface area contributed by atoms with Crippen LogP contribution in [0.15, 0.2) is 47.5 Å². The Morgan fingerprint density at radius 2 is 2.00 bits per heavy atom. The number of ether oxygens (including phenoxy) is 2. The van der Waals surface area contributed by atoms with Gasteiger partial charge in [0.05, 0.1) is 32.6 Å². The Balaban J connectivity index is 1.60. The van der Waals surface area contributed by atoms with Gasteiger partial charge in [0.1, 0.15) is 11.6 Å². The second-order valence-electron chi connectivity index (χ2n) is 5.64. The molecule has 1 aromatic heterocycles. The van der Waals surface area contributed by atoms with Gasteiger partial charge in [-0.3, -0.25) is 0 Å². The summed E-state index contributed by atoms with van der Waals surface area (Å²) in [5, 5.41) is 3.06. The molecule has 0 bridgehead atoms. The van der Waals surface area contributed by atoms with Crippen molar-refractivity contribution >= 4 is 17.5 Å². The van der Waals surface area contributed by atoms with Crippen LogP contribution in [0.2, 0.25) is 0 Å². The SMILES string of the molecule is COc1ccc(NC(N)=NCc2cccc(N3CCOCC3)n2)cc1. The topological polar surface area (TPSA) is 85.0 Å². The molecule has 0 saturated carbocycles. The first-order valence-electron chi connectivity index (χ1n) is 8.24. The van der Waals surface area contributed by atoms with E-state index in [0.717, 1.165) is 49.3 Å². The molecule has 1 aliphatic rings. The van der Waals surface area contributed by atoms with Crippen LogP contribution >= 0.6 is 0 Å². The molecule has 0 spiro atoms. The number of nitrogens with zero attached hydrogens (tertiary/aromatic N) is 3. The van der Waals surface area contributed by atoms with Crippen molar-refractivity contribution in [2.24, 2.45) is 10.7 Å². The number of morpholine rings is 1. The third-order valence-electron chi connectivity index (χ3n) is 3.90. The van der Waals surface area contributed by atoms with Crippen molar-refractivity contribution in [1.29, 1.82) is 0 Å². The molecular formula is C18H23N5O2. The van der Waals surface area contributed by atoms with Gasteiger partial charge in [0, 0.05) is 18.8 Å². The molecule has 2 aromatic rings. The average Bonchev–Trinajstić information content (AvgIpc) is 2.68. The number of methoxy groups -OCH3 is 1. The molecule has 0 amide bonds. The van der Waals surface area contributed by atoms with Crippen LogP contribution in [0.3, 0.4) is 0 Å². The summed E-state index contributed by atoms with van der Waals surface area (Å²) in [6.07, 6.45) is 0. The standard InChI is InChI=1S/C18H23N5O2/c1-24-16-7-5-14(6-8-16)22-18(19)20-13-15-3-2-4-17(21-15)23-9-11-25-12-10-23/h2-8H,9-13H2,1H3,(H3,19,20,22). The van der Waals surface area contributed by atoms with Crippen LogP contribution in [0.25, 0.3) is 0 Å². The smallest absolute Gasteiger partial charge is 0.193 e. The van der Waals surface area contributed by atoms with Gasteiger partial charge in [-0.15, -0.1) is 0 Å². The van der Waals surface area contributed by atoms with Crippen LogP contribution in [0.1, 0.15) is 5.69 Å². The quantitative estimate of drug-likeness (QED) is 0.638. The molecule has 1 aliphatic heterocycles. The van der Waals surface area contributed by atoms with E-state index in [9.17, 15) is 0 Å². The highest BCUT2D eigenvalue weighted by Gasteiger charge is 2.12. The van der Waals surface area contributed by atoms with Gasteiger partial charge in [-0.2, -0.15) is 0 Å². The third kappa shape index (κ3) is 4.84. The molecular weight excluding hydrogens is 318 g/mol. The van der Waals surface area contributed by atoms with E-state index >= 15 is 0 Å². The Morgan fingerprint density at radius 3 is 2.72 bits per heavy atom. The number of anilines is 2. The Labute approximate surface area is 147 Å². The summed E-state index contributed by atoms with van der Waals surface area (Å²) in [5.74, 6) is 2.10. The van der Waals surface area contributed by atoms with Crippen molar-refractivity contribution < 1.29 is 9.47 Å². The fourth-order valence-corrected chi connectivity index (χ4v) is 2.55. The van der Waals surface area contributed by atoms with Crippen LogP contribution in [-0.2, 0) is 11.3 Å². The highest BCUT2D eigenvalue weighted by atomic mass is 16.5. The number of aliphatic imine (C=N–C) groups is 1. The summed E-state index contributed by atoms with van der Waals surface area (Å²) >= 11 is 0. The normalized spacial score (nSPS) is 15.1. The molecule has 0 radical (unpaired) electrons. The van der Waals surface area contributed by atoms with Crippen LogP contribution in [-0.4, -0.2) is 44.4 Å². The zero-order valence-corrected chi connectivity index (χ0v) is 14.3. The molecule has 1 fully saturated rings. The van der Waals surface area contributed by atoms with Crippen LogP contribution in [0.4, 0.5) is 11.5 Å². The van der Waals surface area contributed by atoms with E-state index in [1.54, 1.807) is 7.11 Å². The summed E-state index contributed by atoms with van der Waals surface area (Å²) < 4.78 is 10.5. The minimum Gasteiger partial charge on any atom is -0.497 e. The molecule has 3 N–H and O–H groups in total. The molecule has 7 nitrogen and oxygen atoms in total. The maximum atomic E-state index is 5.96. The predicted molar refractivity (Wildman–Crippen MR) is 99.2 cm³/mol. The number of nitrogens with one attached hydrogen (secondary N) is 1. The molecule has 7 heteroatoms. The molecule has 3 rings (SSSR count). The summed E-state index contributed by atoms with van der Waals surface area (Å²) in [4.78, 5) is 11.2. The number of guanidine groups is 1. The van der Waals surface area contributed by atoms with Crippen molar-refractivity contribution in [3.05, 3.63) is 48.2 Å². The van der Waals surface area contributed by atoms with Gasteiger partial charge in [0.25, 0.3) is 0 Å². The van der Waals surface area contributed by atoms with Gasteiger partial charge >= 0.3 is 0 Å². The average molecular weight is 341 g/mol. The van der Waals surface area contributed by atoms with Crippen LogP contribution in [0, 0.1) is 0 Å². The summed E-state index contributed by atoms with van der Waals surface area (Å²) in [7, 11) is 1.64. The second-order valence-corrected chi connectivity index (χ2v) is 5.64. The van der Waals surface area contributed by atoms with Crippen molar-refractivity contribution in [2.75, 3.05) is 43.6 Å². The zero-order chi connectivity index (χ0) is 17.5. The molecule has 1 aromatic carbocycles. The fraction of sp³-hybridized carbons (Fsp3) is 0.333. The summed E-state index contributed by atoms with van der Waals surface area (Å²) in [6, 6.07) is 13.5. The van der Waals surface area contributed by atoms with E-state index in [4.69, 9.17) is 15.2 Å². The van der Waals surface area contributed by atoms with Crippen LogP contribution in [0.5, 0.6) is 5.75 Å². The maximum Gasteiger partial charge on any atom is 0.193 e. The first-order chi connectivity index (χ1) is 12.2. The number of rotatable bonds is 5. The Hall–Kier alpha value is -2.80. The monoisotopic (exact) mass is 341 g/mol. The van der Waals surface area contributed by atoms with E-state index < -0.39 is 0 Å². The number of hydrogen-bond donors (Lipinski definition) is 2. The number of nitrogens with two attached hydrogens (primary N) is 1. The highest BCUT2D eigenvalue weighted by Crippen LogP contribution is 2.15. The molecule has 0 unspecified atom stereocenters. The Kier molecular flexibility index (Phi) is 5.69. The molecule has 1 saturated heterocycles. The molecule has 0 aliphatic carbocycles. The summed E-state index contributed by atoms with van der Waals surface area (Å²) in [6.45, 7) is 3.63. The van der Waals surface area contributed by atoms with E-state index in [0.29, 0.717) is 12.5 Å². The number of aromatic nitrogens is 1. The molecule has 132 valence electrons.